The second-order valence-electron chi connectivity index (χ2n) is 7.53. The zero-order valence-corrected chi connectivity index (χ0v) is 16.2. The van der Waals surface area contributed by atoms with Gasteiger partial charge in [-0.15, -0.1) is 0 Å². The van der Waals surface area contributed by atoms with Gasteiger partial charge in [-0.25, -0.2) is 13.4 Å². The molecule has 1 saturated heterocycles. The van der Waals surface area contributed by atoms with Gasteiger partial charge < -0.3 is 4.90 Å². The van der Waals surface area contributed by atoms with E-state index in [9.17, 15) is 18.0 Å². The lowest BCUT2D eigenvalue weighted by atomic mass is 9.98. The van der Waals surface area contributed by atoms with Gasteiger partial charge >= 0.3 is 0 Å². The first-order chi connectivity index (χ1) is 12.8. The fraction of sp³-hybridized carbons (Fsp3) is 0.526. The lowest BCUT2D eigenvalue weighted by Gasteiger charge is -2.32. The van der Waals surface area contributed by atoms with Crippen molar-refractivity contribution in [3.8, 4) is 0 Å². The number of hydrazone groups is 1. The summed E-state index contributed by atoms with van der Waals surface area (Å²) in [5, 5.41) is 5.57. The molecular formula is C19H23N3O4S. The minimum Gasteiger partial charge on any atom is -0.307 e. The van der Waals surface area contributed by atoms with Crippen LogP contribution in [0.25, 0.3) is 0 Å². The van der Waals surface area contributed by atoms with Crippen LogP contribution < -0.4 is 4.90 Å². The summed E-state index contributed by atoms with van der Waals surface area (Å²) in [6.45, 7) is 2.66. The number of hydrogen-bond donors (Lipinski definition) is 0. The van der Waals surface area contributed by atoms with Crippen molar-refractivity contribution in [2.45, 2.75) is 45.1 Å². The van der Waals surface area contributed by atoms with Crippen LogP contribution in [-0.2, 0) is 25.8 Å². The molecule has 0 N–H and O–H groups in total. The smallest absolute Gasteiger partial charge is 0.274 e. The Morgan fingerprint density at radius 1 is 1.22 bits per heavy atom. The summed E-state index contributed by atoms with van der Waals surface area (Å²) < 4.78 is 23.5. The van der Waals surface area contributed by atoms with Crippen LogP contribution in [0, 0.1) is 6.92 Å². The summed E-state index contributed by atoms with van der Waals surface area (Å²) in [7, 11) is -3.13. The van der Waals surface area contributed by atoms with E-state index in [2.05, 4.69) is 11.2 Å². The maximum Gasteiger partial charge on any atom is 0.274 e. The van der Waals surface area contributed by atoms with Crippen LogP contribution in [0.5, 0.6) is 0 Å². The van der Waals surface area contributed by atoms with Gasteiger partial charge in [-0.05, 0) is 37.8 Å². The van der Waals surface area contributed by atoms with Gasteiger partial charge in [-0.2, -0.15) is 5.10 Å². The Hall–Kier alpha value is -2.22. The number of hydrogen-bond acceptors (Lipinski definition) is 5. The predicted octanol–water partition coefficient (Wildman–Crippen LogP) is 1.44. The zero-order valence-electron chi connectivity index (χ0n) is 15.3. The Kier molecular flexibility index (Phi) is 4.53. The van der Waals surface area contributed by atoms with Gasteiger partial charge in [0, 0.05) is 25.1 Å². The maximum atomic E-state index is 13.1. The molecule has 3 aliphatic rings. The molecule has 4 rings (SSSR count). The van der Waals surface area contributed by atoms with Crippen molar-refractivity contribution < 1.29 is 18.0 Å². The van der Waals surface area contributed by atoms with Crippen molar-refractivity contribution >= 4 is 33.1 Å². The van der Waals surface area contributed by atoms with Crippen molar-refractivity contribution in [2.24, 2.45) is 5.10 Å². The minimum absolute atomic E-state index is 0.0685. The van der Waals surface area contributed by atoms with Gasteiger partial charge in [-0.1, -0.05) is 17.7 Å². The summed E-state index contributed by atoms with van der Waals surface area (Å²) in [4.78, 5) is 27.2. The number of rotatable bonds is 2. The Balaban J connectivity index is 1.61. The van der Waals surface area contributed by atoms with Crippen molar-refractivity contribution in [1.29, 1.82) is 0 Å². The van der Waals surface area contributed by atoms with E-state index in [-0.39, 0.29) is 29.7 Å². The average molecular weight is 389 g/mol. The molecule has 1 unspecified atom stereocenters. The lowest BCUT2D eigenvalue weighted by molar-refractivity contribution is -0.133. The number of amides is 2. The molecule has 7 nitrogen and oxygen atoms in total. The van der Waals surface area contributed by atoms with Crippen molar-refractivity contribution in [3.63, 3.8) is 0 Å². The van der Waals surface area contributed by atoms with Crippen molar-refractivity contribution in [3.05, 3.63) is 29.3 Å². The molecule has 27 heavy (non-hydrogen) atoms. The Labute approximate surface area is 158 Å². The van der Waals surface area contributed by atoms with Gasteiger partial charge in [0.2, 0.25) is 5.91 Å². The topological polar surface area (TPSA) is 87.1 Å². The highest BCUT2D eigenvalue weighted by Crippen LogP contribution is 2.29. The van der Waals surface area contributed by atoms with E-state index in [1.54, 1.807) is 4.90 Å². The van der Waals surface area contributed by atoms with E-state index in [4.69, 9.17) is 0 Å². The summed E-state index contributed by atoms with van der Waals surface area (Å²) in [5.74, 6) is -0.393. The van der Waals surface area contributed by atoms with E-state index in [1.807, 2.05) is 19.1 Å². The molecule has 0 saturated carbocycles. The first-order valence-corrected chi connectivity index (χ1v) is 11.2. The first-order valence-electron chi connectivity index (χ1n) is 9.35. The standard InChI is InChI=1S/C19H23N3O4S/c1-13-4-6-17-14(11-13)3-2-9-21(17)19(24)16-5-7-18(23)22(20-16)15-8-10-27(25,26)12-15/h4,6,11,15H,2-3,5,7-10,12H2,1H3. The van der Waals surface area contributed by atoms with Crippen LogP contribution in [0.1, 0.15) is 36.8 Å². The van der Waals surface area contributed by atoms with Crippen LogP contribution in [-0.4, -0.2) is 55.0 Å². The molecule has 3 heterocycles. The van der Waals surface area contributed by atoms with E-state index >= 15 is 0 Å². The summed E-state index contributed by atoms with van der Waals surface area (Å²) in [5.41, 5.74) is 3.57. The molecule has 0 aromatic heterocycles. The van der Waals surface area contributed by atoms with Crippen LogP contribution in [0.3, 0.4) is 0 Å². The van der Waals surface area contributed by atoms with E-state index in [0.29, 0.717) is 25.1 Å². The van der Waals surface area contributed by atoms with Crippen LogP contribution in [0.4, 0.5) is 5.69 Å². The molecule has 144 valence electrons. The van der Waals surface area contributed by atoms with Crippen LogP contribution >= 0.6 is 0 Å². The molecule has 1 fully saturated rings. The molecule has 2 amide bonds. The molecule has 3 aliphatic heterocycles. The van der Waals surface area contributed by atoms with Gasteiger partial charge in [0.1, 0.15) is 5.71 Å². The third kappa shape index (κ3) is 3.50. The molecule has 0 radical (unpaired) electrons. The first kappa shape index (κ1) is 18.2. The number of aryl methyl sites for hydroxylation is 2. The van der Waals surface area contributed by atoms with Crippen LogP contribution in [0.2, 0.25) is 0 Å². The summed E-state index contributed by atoms with van der Waals surface area (Å²) in [6, 6.07) is 5.61. The molecule has 1 atom stereocenters. The summed E-state index contributed by atoms with van der Waals surface area (Å²) in [6.07, 6.45) is 2.70. The number of sulfone groups is 1. The monoisotopic (exact) mass is 389 g/mol. The fourth-order valence-electron chi connectivity index (χ4n) is 4.07. The van der Waals surface area contributed by atoms with Crippen molar-refractivity contribution in [1.82, 2.24) is 5.01 Å². The second-order valence-corrected chi connectivity index (χ2v) is 9.76. The Bertz CT molecular complexity index is 938. The predicted molar refractivity (Wildman–Crippen MR) is 102 cm³/mol. The van der Waals surface area contributed by atoms with Gasteiger partial charge in [-0.3, -0.25) is 9.59 Å². The highest BCUT2D eigenvalue weighted by atomic mass is 32.2. The normalized spacial score (nSPS) is 24.6. The lowest BCUT2D eigenvalue weighted by Crippen LogP contribution is -2.46. The molecule has 8 heteroatoms. The molecular weight excluding hydrogens is 366 g/mol. The zero-order chi connectivity index (χ0) is 19.2. The third-order valence-corrected chi connectivity index (χ3v) is 7.21. The average Bonchev–Trinajstić information content (AvgIpc) is 3.00. The molecule has 0 spiro atoms. The number of benzene rings is 1. The fourth-order valence-corrected chi connectivity index (χ4v) is 5.76. The molecule has 1 aromatic rings. The number of anilines is 1. The number of fused-ring (bicyclic) bond motifs is 1. The highest BCUT2D eigenvalue weighted by molar-refractivity contribution is 7.91. The molecule has 0 aliphatic carbocycles. The van der Waals surface area contributed by atoms with E-state index in [0.717, 1.165) is 29.7 Å². The van der Waals surface area contributed by atoms with E-state index < -0.39 is 15.9 Å². The highest BCUT2D eigenvalue weighted by Gasteiger charge is 2.38. The Morgan fingerprint density at radius 2 is 2.04 bits per heavy atom. The quantitative estimate of drug-likeness (QED) is 0.766. The van der Waals surface area contributed by atoms with Crippen LogP contribution in [0.15, 0.2) is 23.3 Å². The maximum absolute atomic E-state index is 13.1. The second kappa shape index (κ2) is 6.74. The van der Waals surface area contributed by atoms with Gasteiger partial charge in [0.15, 0.2) is 9.84 Å². The molecule has 0 bridgehead atoms. The number of nitrogens with zero attached hydrogens (tertiary/aromatic N) is 3. The Morgan fingerprint density at radius 3 is 2.78 bits per heavy atom. The van der Waals surface area contributed by atoms with E-state index in [1.165, 1.54) is 5.01 Å². The van der Waals surface area contributed by atoms with Crippen molar-refractivity contribution in [2.75, 3.05) is 23.0 Å². The molecule has 1 aromatic carbocycles. The SMILES string of the molecule is Cc1ccc2c(c1)CCCN2C(=O)C1=NN(C2CCS(=O)(=O)C2)C(=O)CC1. The van der Waals surface area contributed by atoms with Gasteiger partial charge in [0.25, 0.3) is 5.91 Å². The number of carbonyl (C=O) groups excluding carboxylic acids is 2. The summed E-state index contributed by atoms with van der Waals surface area (Å²) >= 11 is 0. The van der Waals surface area contributed by atoms with Gasteiger partial charge in [0.05, 0.1) is 17.5 Å². The largest absolute Gasteiger partial charge is 0.307 e. The number of carbonyl (C=O) groups is 2. The third-order valence-electron chi connectivity index (χ3n) is 5.46. The minimum atomic E-state index is -3.13.